The highest BCUT2D eigenvalue weighted by molar-refractivity contribution is 5.86. The first-order chi connectivity index (χ1) is 13.2. The number of hydrogen-bond donors (Lipinski definition) is 0. The van der Waals surface area contributed by atoms with Gasteiger partial charge in [0.2, 0.25) is 5.89 Å². The molecule has 0 fully saturated rings. The molecule has 6 nitrogen and oxygen atoms in total. The average Bonchev–Trinajstić information content (AvgIpc) is 3.22. The summed E-state index contributed by atoms with van der Waals surface area (Å²) in [6, 6.07) is 17.6. The molecule has 0 spiro atoms. The zero-order valence-electron chi connectivity index (χ0n) is 15.2. The summed E-state index contributed by atoms with van der Waals surface area (Å²) >= 11 is 0. The van der Waals surface area contributed by atoms with Crippen molar-refractivity contribution in [3.8, 4) is 40.2 Å². The first-order valence-electron chi connectivity index (χ1n) is 8.36. The Balaban J connectivity index is 1.77. The van der Waals surface area contributed by atoms with Gasteiger partial charge in [-0.15, -0.1) is 10.2 Å². The lowest BCUT2D eigenvalue weighted by molar-refractivity contribution is 0.349. The smallest absolute Gasteiger partial charge is 0.252 e. The molecule has 0 atom stereocenters. The Kier molecular flexibility index (Phi) is 4.38. The second kappa shape index (κ2) is 6.99. The van der Waals surface area contributed by atoms with Crippen LogP contribution in [-0.4, -0.2) is 31.5 Å². The summed E-state index contributed by atoms with van der Waals surface area (Å²) in [4.78, 5) is 0. The summed E-state index contributed by atoms with van der Waals surface area (Å²) in [6.45, 7) is 0. The van der Waals surface area contributed by atoms with Crippen LogP contribution in [0.1, 0.15) is 0 Å². The van der Waals surface area contributed by atoms with Crippen molar-refractivity contribution in [3.05, 3.63) is 54.6 Å². The molecule has 0 aliphatic rings. The third kappa shape index (κ3) is 3.06. The number of aromatic nitrogens is 2. The quantitative estimate of drug-likeness (QED) is 0.518. The number of hydrogen-bond acceptors (Lipinski definition) is 6. The molecule has 136 valence electrons. The van der Waals surface area contributed by atoms with Crippen LogP contribution < -0.4 is 14.2 Å². The average molecular weight is 362 g/mol. The van der Waals surface area contributed by atoms with Crippen LogP contribution in [0.4, 0.5) is 0 Å². The maximum absolute atomic E-state index is 5.92. The van der Waals surface area contributed by atoms with Crippen molar-refractivity contribution in [1.29, 1.82) is 0 Å². The topological polar surface area (TPSA) is 66.6 Å². The summed E-state index contributed by atoms with van der Waals surface area (Å²) in [7, 11) is 4.72. The monoisotopic (exact) mass is 362 g/mol. The van der Waals surface area contributed by atoms with Crippen LogP contribution in [0.3, 0.4) is 0 Å². The molecule has 4 aromatic rings. The standard InChI is InChI=1S/C21H18N2O4/c1-24-17-12-19(26-3)18(25-2)11-16(17)21-23-22-20(27-21)15-9-8-13-6-4-5-7-14(13)10-15/h4-12H,1-3H3. The molecule has 1 heterocycles. The second-order valence-corrected chi connectivity index (χ2v) is 5.88. The van der Waals surface area contributed by atoms with E-state index in [1.54, 1.807) is 33.5 Å². The van der Waals surface area contributed by atoms with Crippen LogP contribution >= 0.6 is 0 Å². The predicted octanol–water partition coefficient (Wildman–Crippen LogP) is 4.58. The van der Waals surface area contributed by atoms with Crippen LogP contribution in [0.2, 0.25) is 0 Å². The molecular formula is C21H18N2O4. The van der Waals surface area contributed by atoms with Gasteiger partial charge in [-0.25, -0.2) is 0 Å². The first-order valence-corrected chi connectivity index (χ1v) is 8.36. The molecular weight excluding hydrogens is 344 g/mol. The second-order valence-electron chi connectivity index (χ2n) is 5.88. The molecule has 0 amide bonds. The molecule has 27 heavy (non-hydrogen) atoms. The molecule has 3 aromatic carbocycles. The Morgan fingerprint density at radius 1 is 0.667 bits per heavy atom. The highest BCUT2D eigenvalue weighted by atomic mass is 16.5. The minimum absolute atomic E-state index is 0.343. The molecule has 0 N–H and O–H groups in total. The van der Waals surface area contributed by atoms with Gasteiger partial charge in [-0.05, 0) is 22.9 Å². The lowest BCUT2D eigenvalue weighted by Crippen LogP contribution is -1.95. The Morgan fingerprint density at radius 2 is 1.33 bits per heavy atom. The van der Waals surface area contributed by atoms with E-state index in [9.17, 15) is 0 Å². The highest BCUT2D eigenvalue weighted by Crippen LogP contribution is 2.40. The van der Waals surface area contributed by atoms with Crippen molar-refractivity contribution in [2.24, 2.45) is 0 Å². The minimum Gasteiger partial charge on any atom is -0.496 e. The first kappa shape index (κ1) is 16.9. The van der Waals surface area contributed by atoms with Crippen LogP contribution in [0, 0.1) is 0 Å². The van der Waals surface area contributed by atoms with E-state index in [4.69, 9.17) is 18.6 Å². The highest BCUT2D eigenvalue weighted by Gasteiger charge is 2.19. The summed E-state index contributed by atoms with van der Waals surface area (Å²) in [5.74, 6) is 2.45. The molecule has 0 aliphatic heterocycles. The fourth-order valence-corrected chi connectivity index (χ4v) is 2.97. The normalized spacial score (nSPS) is 10.8. The molecule has 0 bridgehead atoms. The summed E-state index contributed by atoms with van der Waals surface area (Å²) in [6.07, 6.45) is 0. The molecule has 6 heteroatoms. The van der Waals surface area contributed by atoms with Crippen molar-refractivity contribution < 1.29 is 18.6 Å². The third-order valence-corrected chi connectivity index (χ3v) is 4.36. The maximum Gasteiger partial charge on any atom is 0.252 e. The molecule has 0 unspecified atom stereocenters. The Morgan fingerprint density at radius 3 is 2.07 bits per heavy atom. The fraction of sp³-hybridized carbons (Fsp3) is 0.143. The van der Waals surface area contributed by atoms with Gasteiger partial charge in [0.05, 0.1) is 26.9 Å². The van der Waals surface area contributed by atoms with Crippen LogP contribution in [0.5, 0.6) is 17.2 Å². The van der Waals surface area contributed by atoms with Crippen molar-refractivity contribution >= 4 is 10.8 Å². The predicted molar refractivity (Wildman–Crippen MR) is 102 cm³/mol. The van der Waals surface area contributed by atoms with E-state index in [1.807, 2.05) is 36.4 Å². The van der Waals surface area contributed by atoms with E-state index in [2.05, 4.69) is 16.3 Å². The number of ether oxygens (including phenoxy) is 3. The summed E-state index contributed by atoms with van der Waals surface area (Å²) in [5, 5.41) is 10.7. The molecule has 0 saturated carbocycles. The van der Waals surface area contributed by atoms with E-state index in [-0.39, 0.29) is 0 Å². The molecule has 0 radical (unpaired) electrons. The van der Waals surface area contributed by atoms with Gasteiger partial charge in [-0.2, -0.15) is 0 Å². The fourth-order valence-electron chi connectivity index (χ4n) is 2.97. The zero-order chi connectivity index (χ0) is 18.8. The Hall–Kier alpha value is -3.54. The molecule has 4 rings (SSSR count). The number of rotatable bonds is 5. The van der Waals surface area contributed by atoms with Gasteiger partial charge >= 0.3 is 0 Å². The maximum atomic E-state index is 5.92. The molecule has 0 saturated heterocycles. The van der Waals surface area contributed by atoms with Crippen LogP contribution in [0.15, 0.2) is 59.0 Å². The van der Waals surface area contributed by atoms with Gasteiger partial charge in [0, 0.05) is 17.7 Å². The SMILES string of the molecule is COc1cc(OC)c(-c2nnc(-c3ccc4ccccc4c3)o2)cc1OC. The van der Waals surface area contributed by atoms with E-state index >= 15 is 0 Å². The largest absolute Gasteiger partial charge is 0.496 e. The molecule has 0 aliphatic carbocycles. The van der Waals surface area contributed by atoms with Gasteiger partial charge in [-0.3, -0.25) is 0 Å². The zero-order valence-corrected chi connectivity index (χ0v) is 15.2. The summed E-state index contributed by atoms with van der Waals surface area (Å²) in [5.41, 5.74) is 1.49. The lowest BCUT2D eigenvalue weighted by Gasteiger charge is -2.12. The van der Waals surface area contributed by atoms with Crippen molar-refractivity contribution in [1.82, 2.24) is 10.2 Å². The van der Waals surface area contributed by atoms with Gasteiger partial charge in [0.25, 0.3) is 5.89 Å². The Bertz CT molecular complexity index is 1100. The lowest BCUT2D eigenvalue weighted by atomic mass is 10.1. The Labute approximate surface area is 156 Å². The molecule has 1 aromatic heterocycles. The van der Waals surface area contributed by atoms with Gasteiger partial charge in [-0.1, -0.05) is 30.3 Å². The number of methoxy groups -OCH3 is 3. The number of benzene rings is 3. The summed E-state index contributed by atoms with van der Waals surface area (Å²) < 4.78 is 22.1. The van der Waals surface area contributed by atoms with Crippen molar-refractivity contribution in [2.75, 3.05) is 21.3 Å². The van der Waals surface area contributed by atoms with E-state index in [1.165, 1.54) is 0 Å². The van der Waals surface area contributed by atoms with Gasteiger partial charge < -0.3 is 18.6 Å². The van der Waals surface area contributed by atoms with Crippen LogP contribution in [0.25, 0.3) is 33.7 Å². The van der Waals surface area contributed by atoms with Crippen molar-refractivity contribution in [2.45, 2.75) is 0 Å². The number of nitrogens with zero attached hydrogens (tertiary/aromatic N) is 2. The third-order valence-electron chi connectivity index (χ3n) is 4.36. The number of fused-ring (bicyclic) bond motifs is 1. The minimum atomic E-state index is 0.343. The van der Waals surface area contributed by atoms with E-state index in [0.717, 1.165) is 16.3 Å². The van der Waals surface area contributed by atoms with Gasteiger partial charge in [0.1, 0.15) is 5.75 Å². The van der Waals surface area contributed by atoms with Crippen LogP contribution in [-0.2, 0) is 0 Å². The van der Waals surface area contributed by atoms with E-state index in [0.29, 0.717) is 34.6 Å². The van der Waals surface area contributed by atoms with Gasteiger partial charge in [0.15, 0.2) is 11.5 Å². The van der Waals surface area contributed by atoms with Crippen molar-refractivity contribution in [3.63, 3.8) is 0 Å². The van der Waals surface area contributed by atoms with E-state index < -0.39 is 0 Å².